The predicted octanol–water partition coefficient (Wildman–Crippen LogP) is 1.94. The number of benzene rings is 1. The summed E-state index contributed by atoms with van der Waals surface area (Å²) < 4.78 is 5.42. The maximum Gasteiger partial charge on any atom is 0.0594 e. The standard InChI is InChI=1S/C17H26N2O/c18-12-17(13-19-7-9-20-10-8-19)16-6-5-14-3-1-2-4-15(14)11-16/h5-6,11,17H,1-4,7-10,12-13,18H2. The molecule has 110 valence electrons. The lowest BCUT2D eigenvalue weighted by atomic mass is 9.87. The zero-order chi connectivity index (χ0) is 13.8. The van der Waals surface area contributed by atoms with Gasteiger partial charge in [0.05, 0.1) is 13.2 Å². The van der Waals surface area contributed by atoms with E-state index in [-0.39, 0.29) is 0 Å². The Hall–Kier alpha value is -0.900. The lowest BCUT2D eigenvalue weighted by Gasteiger charge is -2.30. The first-order valence-corrected chi connectivity index (χ1v) is 7.98. The van der Waals surface area contributed by atoms with Gasteiger partial charge in [0, 0.05) is 32.1 Å². The van der Waals surface area contributed by atoms with E-state index >= 15 is 0 Å². The van der Waals surface area contributed by atoms with Crippen LogP contribution in [-0.2, 0) is 17.6 Å². The molecule has 3 nitrogen and oxygen atoms in total. The minimum Gasteiger partial charge on any atom is -0.379 e. The van der Waals surface area contributed by atoms with E-state index in [9.17, 15) is 0 Å². The second kappa shape index (κ2) is 6.70. The summed E-state index contributed by atoms with van der Waals surface area (Å²) in [5.41, 5.74) is 10.6. The van der Waals surface area contributed by atoms with Crippen molar-refractivity contribution < 1.29 is 4.74 Å². The van der Waals surface area contributed by atoms with Crippen LogP contribution in [0.5, 0.6) is 0 Å². The van der Waals surface area contributed by atoms with Crippen molar-refractivity contribution in [2.75, 3.05) is 39.4 Å². The molecule has 2 aliphatic rings. The highest BCUT2D eigenvalue weighted by Crippen LogP contribution is 2.26. The number of ether oxygens (including phenoxy) is 1. The van der Waals surface area contributed by atoms with Crippen LogP contribution in [0.15, 0.2) is 18.2 Å². The smallest absolute Gasteiger partial charge is 0.0594 e. The van der Waals surface area contributed by atoms with Crippen LogP contribution in [0.1, 0.15) is 35.4 Å². The molecule has 1 heterocycles. The molecule has 3 heteroatoms. The minimum atomic E-state index is 0.459. The van der Waals surface area contributed by atoms with Gasteiger partial charge in [0.25, 0.3) is 0 Å². The number of hydrogen-bond donors (Lipinski definition) is 1. The molecule has 0 bridgehead atoms. The van der Waals surface area contributed by atoms with Crippen LogP contribution in [0.2, 0.25) is 0 Å². The molecule has 0 aromatic heterocycles. The highest BCUT2D eigenvalue weighted by Gasteiger charge is 2.19. The quantitative estimate of drug-likeness (QED) is 0.912. The van der Waals surface area contributed by atoms with Crippen molar-refractivity contribution in [3.63, 3.8) is 0 Å². The summed E-state index contributed by atoms with van der Waals surface area (Å²) in [7, 11) is 0. The Morgan fingerprint density at radius 2 is 1.85 bits per heavy atom. The maximum absolute atomic E-state index is 6.04. The second-order valence-electron chi connectivity index (χ2n) is 6.08. The molecular weight excluding hydrogens is 248 g/mol. The minimum absolute atomic E-state index is 0.459. The molecule has 0 radical (unpaired) electrons. The maximum atomic E-state index is 6.04. The molecule has 0 amide bonds. The predicted molar refractivity (Wildman–Crippen MR) is 82.1 cm³/mol. The first-order chi connectivity index (χ1) is 9.86. The molecule has 0 spiro atoms. The van der Waals surface area contributed by atoms with E-state index in [2.05, 4.69) is 23.1 Å². The van der Waals surface area contributed by atoms with Crippen LogP contribution in [-0.4, -0.2) is 44.3 Å². The van der Waals surface area contributed by atoms with Crippen LogP contribution in [0.25, 0.3) is 0 Å². The molecule has 0 saturated carbocycles. The molecule has 1 unspecified atom stereocenters. The molecule has 1 aromatic rings. The third-order valence-corrected chi connectivity index (χ3v) is 4.71. The number of morpholine rings is 1. The van der Waals surface area contributed by atoms with E-state index in [0.29, 0.717) is 5.92 Å². The fourth-order valence-electron chi connectivity index (χ4n) is 3.42. The highest BCUT2D eigenvalue weighted by atomic mass is 16.5. The van der Waals surface area contributed by atoms with Crippen LogP contribution < -0.4 is 5.73 Å². The lowest BCUT2D eigenvalue weighted by molar-refractivity contribution is 0.0353. The average molecular weight is 274 g/mol. The van der Waals surface area contributed by atoms with Crippen LogP contribution in [0, 0.1) is 0 Å². The number of nitrogens with zero attached hydrogens (tertiary/aromatic N) is 1. The molecule has 20 heavy (non-hydrogen) atoms. The highest BCUT2D eigenvalue weighted by molar-refractivity contribution is 5.35. The average Bonchev–Trinajstić information content (AvgIpc) is 2.53. The van der Waals surface area contributed by atoms with Gasteiger partial charge in [0.15, 0.2) is 0 Å². The topological polar surface area (TPSA) is 38.5 Å². The summed E-state index contributed by atoms with van der Waals surface area (Å²) in [5, 5.41) is 0. The van der Waals surface area contributed by atoms with E-state index in [1.54, 1.807) is 11.1 Å². The second-order valence-corrected chi connectivity index (χ2v) is 6.08. The van der Waals surface area contributed by atoms with Crippen LogP contribution in [0.4, 0.5) is 0 Å². The zero-order valence-electron chi connectivity index (χ0n) is 12.3. The van der Waals surface area contributed by atoms with Crippen LogP contribution in [0.3, 0.4) is 0 Å². The third kappa shape index (κ3) is 3.22. The monoisotopic (exact) mass is 274 g/mol. The van der Waals surface area contributed by atoms with Crippen molar-refractivity contribution in [1.82, 2.24) is 4.90 Å². The summed E-state index contributed by atoms with van der Waals surface area (Å²) in [6.07, 6.45) is 5.19. The Bertz CT molecular complexity index is 441. The summed E-state index contributed by atoms with van der Waals surface area (Å²) in [5.74, 6) is 0.459. The Morgan fingerprint density at radius 1 is 1.10 bits per heavy atom. The number of fused-ring (bicyclic) bond motifs is 1. The summed E-state index contributed by atoms with van der Waals surface area (Å²) in [4.78, 5) is 2.49. The van der Waals surface area contributed by atoms with E-state index in [0.717, 1.165) is 39.4 Å². The van der Waals surface area contributed by atoms with Gasteiger partial charge in [-0.05, 0) is 42.4 Å². The zero-order valence-corrected chi connectivity index (χ0v) is 12.3. The Morgan fingerprint density at radius 3 is 2.60 bits per heavy atom. The van der Waals surface area contributed by atoms with Crippen molar-refractivity contribution in [2.24, 2.45) is 5.73 Å². The van der Waals surface area contributed by atoms with Gasteiger partial charge < -0.3 is 10.5 Å². The van der Waals surface area contributed by atoms with Gasteiger partial charge in [-0.25, -0.2) is 0 Å². The van der Waals surface area contributed by atoms with Gasteiger partial charge in [-0.3, -0.25) is 4.90 Å². The fourth-order valence-corrected chi connectivity index (χ4v) is 3.42. The summed E-state index contributed by atoms with van der Waals surface area (Å²) in [6, 6.07) is 7.07. The molecule has 1 aliphatic heterocycles. The number of nitrogens with two attached hydrogens (primary N) is 1. The SMILES string of the molecule is NCC(CN1CCOCC1)c1ccc2c(c1)CCCC2. The van der Waals surface area contributed by atoms with E-state index in [1.165, 1.54) is 31.2 Å². The van der Waals surface area contributed by atoms with Crippen molar-refractivity contribution >= 4 is 0 Å². The molecule has 1 atom stereocenters. The Balaban J connectivity index is 1.71. The van der Waals surface area contributed by atoms with Gasteiger partial charge in [0.2, 0.25) is 0 Å². The first-order valence-electron chi connectivity index (χ1n) is 7.98. The van der Waals surface area contributed by atoms with Gasteiger partial charge in [-0.2, -0.15) is 0 Å². The molecule has 1 aliphatic carbocycles. The van der Waals surface area contributed by atoms with Crippen molar-refractivity contribution in [3.8, 4) is 0 Å². The van der Waals surface area contributed by atoms with Gasteiger partial charge >= 0.3 is 0 Å². The Kier molecular flexibility index (Phi) is 4.71. The summed E-state index contributed by atoms with van der Waals surface area (Å²) in [6.45, 7) is 5.61. The molecule has 3 rings (SSSR count). The normalized spacial score (nSPS) is 21.4. The van der Waals surface area contributed by atoms with Crippen molar-refractivity contribution in [2.45, 2.75) is 31.6 Å². The van der Waals surface area contributed by atoms with E-state index in [1.807, 2.05) is 0 Å². The van der Waals surface area contributed by atoms with Crippen molar-refractivity contribution in [3.05, 3.63) is 34.9 Å². The number of hydrogen-bond acceptors (Lipinski definition) is 3. The van der Waals surface area contributed by atoms with Gasteiger partial charge in [0.1, 0.15) is 0 Å². The molecular formula is C17H26N2O. The van der Waals surface area contributed by atoms with Gasteiger partial charge in [-0.15, -0.1) is 0 Å². The lowest BCUT2D eigenvalue weighted by Crippen LogP contribution is -2.40. The summed E-state index contributed by atoms with van der Waals surface area (Å²) >= 11 is 0. The largest absolute Gasteiger partial charge is 0.379 e. The molecule has 2 N–H and O–H groups in total. The number of rotatable bonds is 4. The van der Waals surface area contributed by atoms with Crippen molar-refractivity contribution in [1.29, 1.82) is 0 Å². The molecule has 1 aromatic carbocycles. The number of aryl methyl sites for hydroxylation is 2. The molecule has 1 fully saturated rings. The van der Waals surface area contributed by atoms with Gasteiger partial charge in [-0.1, -0.05) is 18.2 Å². The Labute approximate surface area is 122 Å². The first kappa shape index (κ1) is 14.1. The van der Waals surface area contributed by atoms with E-state index < -0.39 is 0 Å². The fraction of sp³-hybridized carbons (Fsp3) is 0.647. The molecule has 1 saturated heterocycles. The van der Waals surface area contributed by atoms with E-state index in [4.69, 9.17) is 10.5 Å². The third-order valence-electron chi connectivity index (χ3n) is 4.71. The van der Waals surface area contributed by atoms with Crippen LogP contribution >= 0.6 is 0 Å².